The van der Waals surface area contributed by atoms with Crippen LogP contribution >= 0.6 is 34.7 Å². The predicted octanol–water partition coefficient (Wildman–Crippen LogP) is 3.65. The Hall–Kier alpha value is 0.340. The molecule has 0 bridgehead atoms. The van der Waals surface area contributed by atoms with Crippen molar-refractivity contribution in [2.45, 2.75) is 12.8 Å². The Bertz CT molecular complexity index is 184. The monoisotopic (exact) mass is 220 g/mol. The molecule has 1 rings (SSSR count). The number of halogens is 1. The van der Waals surface area contributed by atoms with E-state index in [2.05, 4.69) is 17.5 Å². The minimum absolute atomic E-state index is 0.798. The molecule has 1 aromatic heterocycles. The van der Waals surface area contributed by atoms with Crippen molar-refractivity contribution in [1.29, 1.82) is 0 Å². The molecule has 0 unspecified atom stereocenters. The molecule has 0 aliphatic carbocycles. The maximum absolute atomic E-state index is 5.57. The van der Waals surface area contributed by atoms with Crippen molar-refractivity contribution >= 4 is 34.7 Å². The highest BCUT2D eigenvalue weighted by atomic mass is 35.5. The maximum Gasteiger partial charge on any atom is 0.0231 e. The summed E-state index contributed by atoms with van der Waals surface area (Å²) in [5.74, 6) is 3.23. The number of hydrogen-bond donors (Lipinski definition) is 0. The maximum atomic E-state index is 5.57. The molecule has 0 aliphatic rings. The van der Waals surface area contributed by atoms with Crippen LogP contribution in [0.2, 0.25) is 0 Å². The van der Waals surface area contributed by atoms with Crippen LogP contribution in [0.3, 0.4) is 0 Å². The zero-order valence-corrected chi connectivity index (χ0v) is 9.35. The number of thiophene rings is 1. The van der Waals surface area contributed by atoms with Gasteiger partial charge in [-0.3, -0.25) is 0 Å². The first-order valence-electron chi connectivity index (χ1n) is 4.09. The second-order valence-electron chi connectivity index (χ2n) is 2.48. The highest BCUT2D eigenvalue weighted by Gasteiger charge is 1.93. The van der Waals surface area contributed by atoms with E-state index in [1.807, 2.05) is 23.1 Å². The van der Waals surface area contributed by atoms with Gasteiger partial charge in [-0.1, -0.05) is 6.07 Å². The molecule has 0 N–H and O–H groups in total. The van der Waals surface area contributed by atoms with E-state index < -0.39 is 0 Å². The minimum atomic E-state index is 0.798. The van der Waals surface area contributed by atoms with Crippen LogP contribution in [-0.2, 0) is 6.42 Å². The number of aryl methyl sites for hydroxylation is 1. The minimum Gasteiger partial charge on any atom is -0.162 e. The van der Waals surface area contributed by atoms with Crippen molar-refractivity contribution in [3.63, 3.8) is 0 Å². The van der Waals surface area contributed by atoms with Gasteiger partial charge in [-0.25, -0.2) is 0 Å². The molecule has 1 aromatic rings. The molecule has 0 saturated heterocycles. The number of hydrogen-bond acceptors (Lipinski definition) is 2. The Balaban J connectivity index is 1.96. The summed E-state index contributed by atoms with van der Waals surface area (Å²) in [6.45, 7) is 0. The summed E-state index contributed by atoms with van der Waals surface area (Å²) in [6, 6.07) is 4.32. The van der Waals surface area contributed by atoms with Crippen LogP contribution in [0.4, 0.5) is 0 Å². The highest BCUT2D eigenvalue weighted by Crippen LogP contribution is 2.13. The summed E-state index contributed by atoms with van der Waals surface area (Å²) in [5.41, 5.74) is 0. The van der Waals surface area contributed by atoms with Gasteiger partial charge in [-0.05, 0) is 35.8 Å². The fourth-order valence-corrected chi connectivity index (χ4v) is 2.93. The van der Waals surface area contributed by atoms with E-state index in [9.17, 15) is 0 Å². The topological polar surface area (TPSA) is 0 Å². The fourth-order valence-electron chi connectivity index (χ4n) is 0.886. The summed E-state index contributed by atoms with van der Waals surface area (Å²) in [7, 11) is 0. The SMILES string of the molecule is ClCCCSCCc1cccs1. The second kappa shape index (κ2) is 6.81. The quantitative estimate of drug-likeness (QED) is 0.521. The predicted molar refractivity (Wildman–Crippen MR) is 60.7 cm³/mol. The van der Waals surface area contributed by atoms with Gasteiger partial charge in [0.25, 0.3) is 0 Å². The second-order valence-corrected chi connectivity index (χ2v) is 5.12. The van der Waals surface area contributed by atoms with Gasteiger partial charge in [0.1, 0.15) is 0 Å². The Morgan fingerprint density at radius 3 is 3.00 bits per heavy atom. The molecular formula is C9H13ClS2. The molecule has 0 amide bonds. The van der Waals surface area contributed by atoms with Gasteiger partial charge in [0.2, 0.25) is 0 Å². The van der Waals surface area contributed by atoms with Gasteiger partial charge in [0.15, 0.2) is 0 Å². The molecule has 0 saturated carbocycles. The zero-order chi connectivity index (χ0) is 8.65. The highest BCUT2D eigenvalue weighted by molar-refractivity contribution is 7.99. The van der Waals surface area contributed by atoms with Crippen LogP contribution < -0.4 is 0 Å². The van der Waals surface area contributed by atoms with E-state index in [0.717, 1.165) is 12.3 Å². The Morgan fingerprint density at radius 1 is 1.42 bits per heavy atom. The van der Waals surface area contributed by atoms with Crippen LogP contribution in [0.1, 0.15) is 11.3 Å². The third-order valence-corrected chi connectivity index (χ3v) is 3.77. The first-order chi connectivity index (χ1) is 5.93. The van der Waals surface area contributed by atoms with Crippen LogP contribution in [0, 0.1) is 0 Å². The normalized spacial score (nSPS) is 10.4. The number of rotatable bonds is 6. The summed E-state index contributed by atoms with van der Waals surface area (Å²) >= 11 is 9.41. The smallest absolute Gasteiger partial charge is 0.0231 e. The van der Waals surface area contributed by atoms with E-state index in [0.29, 0.717) is 0 Å². The van der Waals surface area contributed by atoms with E-state index in [-0.39, 0.29) is 0 Å². The molecule has 1 heterocycles. The van der Waals surface area contributed by atoms with Crippen molar-refractivity contribution in [1.82, 2.24) is 0 Å². The van der Waals surface area contributed by atoms with Gasteiger partial charge in [0, 0.05) is 10.8 Å². The molecule has 0 aromatic carbocycles. The summed E-state index contributed by atoms with van der Waals surface area (Å²) in [6.07, 6.45) is 2.35. The molecule has 3 heteroatoms. The first-order valence-corrected chi connectivity index (χ1v) is 6.66. The van der Waals surface area contributed by atoms with Gasteiger partial charge < -0.3 is 0 Å². The van der Waals surface area contributed by atoms with Crippen molar-refractivity contribution in [3.05, 3.63) is 22.4 Å². The van der Waals surface area contributed by atoms with E-state index in [4.69, 9.17) is 11.6 Å². The standard InChI is InChI=1S/C9H13ClS2/c10-5-2-6-11-8-4-9-3-1-7-12-9/h1,3,7H,2,4-6,8H2. The fraction of sp³-hybridized carbons (Fsp3) is 0.556. The molecule has 0 spiro atoms. The molecule has 0 fully saturated rings. The van der Waals surface area contributed by atoms with E-state index in [1.165, 1.54) is 22.8 Å². The van der Waals surface area contributed by atoms with Crippen molar-refractivity contribution in [2.24, 2.45) is 0 Å². The average molecular weight is 221 g/mol. The largest absolute Gasteiger partial charge is 0.162 e. The molecule has 0 radical (unpaired) electrons. The molecular weight excluding hydrogens is 208 g/mol. The Morgan fingerprint density at radius 2 is 2.33 bits per heavy atom. The Kier molecular flexibility index (Phi) is 5.92. The average Bonchev–Trinajstić information content (AvgIpc) is 2.57. The third-order valence-electron chi connectivity index (χ3n) is 1.50. The molecule has 0 atom stereocenters. The van der Waals surface area contributed by atoms with Crippen LogP contribution in [0.15, 0.2) is 17.5 Å². The van der Waals surface area contributed by atoms with Gasteiger partial charge >= 0.3 is 0 Å². The van der Waals surface area contributed by atoms with Gasteiger partial charge in [0.05, 0.1) is 0 Å². The van der Waals surface area contributed by atoms with Crippen molar-refractivity contribution in [2.75, 3.05) is 17.4 Å². The lowest BCUT2D eigenvalue weighted by Crippen LogP contribution is -1.87. The molecule has 68 valence electrons. The van der Waals surface area contributed by atoms with Crippen LogP contribution in [0.5, 0.6) is 0 Å². The number of thioether (sulfide) groups is 1. The first kappa shape index (κ1) is 10.4. The van der Waals surface area contributed by atoms with Crippen molar-refractivity contribution in [3.8, 4) is 0 Å². The lowest BCUT2D eigenvalue weighted by Gasteiger charge is -1.97. The van der Waals surface area contributed by atoms with E-state index >= 15 is 0 Å². The molecule has 12 heavy (non-hydrogen) atoms. The molecule has 0 aliphatic heterocycles. The Labute approximate surface area is 87.3 Å². The summed E-state index contributed by atoms with van der Waals surface area (Å²) in [4.78, 5) is 1.49. The van der Waals surface area contributed by atoms with Crippen LogP contribution in [-0.4, -0.2) is 17.4 Å². The van der Waals surface area contributed by atoms with Gasteiger partial charge in [-0.2, -0.15) is 11.8 Å². The lowest BCUT2D eigenvalue weighted by atomic mass is 10.4. The number of alkyl halides is 1. The summed E-state index contributed by atoms with van der Waals surface area (Å²) in [5, 5.41) is 2.14. The zero-order valence-electron chi connectivity index (χ0n) is 6.96. The molecule has 0 nitrogen and oxygen atoms in total. The van der Waals surface area contributed by atoms with Crippen molar-refractivity contribution < 1.29 is 0 Å². The van der Waals surface area contributed by atoms with Gasteiger partial charge in [-0.15, -0.1) is 22.9 Å². The third kappa shape index (κ3) is 4.39. The summed E-state index contributed by atoms with van der Waals surface area (Å²) < 4.78 is 0. The van der Waals surface area contributed by atoms with E-state index in [1.54, 1.807) is 0 Å². The van der Waals surface area contributed by atoms with Crippen LogP contribution in [0.25, 0.3) is 0 Å². The lowest BCUT2D eigenvalue weighted by molar-refractivity contribution is 1.11.